The van der Waals surface area contributed by atoms with Crippen molar-refractivity contribution in [2.45, 2.75) is 29.9 Å². The summed E-state index contributed by atoms with van der Waals surface area (Å²) in [5.74, 6) is -3.44. The van der Waals surface area contributed by atoms with Gasteiger partial charge in [0.25, 0.3) is 11.7 Å². The van der Waals surface area contributed by atoms with Gasteiger partial charge in [-0.25, -0.2) is 0 Å². The summed E-state index contributed by atoms with van der Waals surface area (Å²) in [7, 11) is 0. The third-order valence-corrected chi connectivity index (χ3v) is 4.29. The number of ether oxygens (including phenoxy) is 1. The van der Waals surface area contributed by atoms with Crippen molar-refractivity contribution in [3.8, 4) is 0 Å². The van der Waals surface area contributed by atoms with Gasteiger partial charge in [0, 0.05) is 10.6 Å². The molecule has 0 aromatic heterocycles. The molecule has 1 N–H and O–H groups in total. The van der Waals surface area contributed by atoms with Gasteiger partial charge in [0.1, 0.15) is 0 Å². The van der Waals surface area contributed by atoms with Crippen LogP contribution in [-0.2, 0) is 14.3 Å². The topological polar surface area (TPSA) is 55.4 Å². The smallest absolute Gasteiger partial charge is 0.306 e. The maximum absolute atomic E-state index is 12.3. The number of carbonyl (C=O) groups is 2. The SMILES string of the molecule is C[C@H](CC(=O)OCC(=O)Nc1ccc(SC(F)F)cc1)c1ccccc1. The van der Waals surface area contributed by atoms with Crippen LogP contribution in [0.2, 0.25) is 0 Å². The van der Waals surface area contributed by atoms with E-state index in [1.807, 2.05) is 37.3 Å². The quantitative estimate of drug-likeness (QED) is 0.535. The Morgan fingerprint density at radius 1 is 1.08 bits per heavy atom. The minimum Gasteiger partial charge on any atom is -0.456 e. The number of hydrogen-bond acceptors (Lipinski definition) is 4. The van der Waals surface area contributed by atoms with Crippen LogP contribution in [0.25, 0.3) is 0 Å². The molecule has 1 atom stereocenters. The Morgan fingerprint density at radius 3 is 2.35 bits per heavy atom. The monoisotopic (exact) mass is 379 g/mol. The van der Waals surface area contributed by atoms with Crippen LogP contribution < -0.4 is 5.32 Å². The fraction of sp³-hybridized carbons (Fsp3) is 0.263. The Bertz CT molecular complexity index is 723. The number of thioether (sulfide) groups is 1. The van der Waals surface area contributed by atoms with Crippen molar-refractivity contribution in [3.63, 3.8) is 0 Å². The number of hydrogen-bond donors (Lipinski definition) is 1. The van der Waals surface area contributed by atoms with Gasteiger partial charge < -0.3 is 10.1 Å². The predicted octanol–water partition coefficient (Wildman–Crippen LogP) is 4.68. The van der Waals surface area contributed by atoms with Crippen LogP contribution in [0.5, 0.6) is 0 Å². The lowest BCUT2D eigenvalue weighted by Crippen LogP contribution is -2.21. The molecule has 138 valence electrons. The van der Waals surface area contributed by atoms with Crippen molar-refractivity contribution >= 4 is 29.3 Å². The molecule has 0 aliphatic rings. The Balaban J connectivity index is 1.75. The first kappa shape index (κ1) is 19.9. The number of benzene rings is 2. The first-order chi connectivity index (χ1) is 12.4. The Labute approximate surface area is 154 Å². The Hall–Kier alpha value is -2.41. The summed E-state index contributed by atoms with van der Waals surface area (Å²) in [6.45, 7) is 1.52. The van der Waals surface area contributed by atoms with Crippen molar-refractivity contribution in [1.29, 1.82) is 0 Å². The molecule has 1 amide bonds. The molecule has 2 aromatic carbocycles. The number of carbonyl (C=O) groups excluding carboxylic acids is 2. The molecule has 2 rings (SSSR count). The first-order valence-electron chi connectivity index (χ1n) is 7.99. The number of rotatable bonds is 8. The molecule has 0 saturated heterocycles. The van der Waals surface area contributed by atoms with Crippen LogP contribution in [-0.4, -0.2) is 24.2 Å². The normalized spacial score (nSPS) is 11.8. The fourth-order valence-electron chi connectivity index (χ4n) is 2.27. The highest BCUT2D eigenvalue weighted by Crippen LogP contribution is 2.26. The molecular formula is C19H19F2NO3S. The van der Waals surface area contributed by atoms with Gasteiger partial charge in [-0.15, -0.1) is 0 Å². The van der Waals surface area contributed by atoms with Gasteiger partial charge in [-0.2, -0.15) is 8.78 Å². The van der Waals surface area contributed by atoms with E-state index in [1.165, 1.54) is 24.3 Å². The average molecular weight is 379 g/mol. The molecule has 0 aliphatic carbocycles. The van der Waals surface area contributed by atoms with Crippen molar-refractivity contribution in [2.75, 3.05) is 11.9 Å². The van der Waals surface area contributed by atoms with E-state index in [2.05, 4.69) is 5.32 Å². The second-order valence-electron chi connectivity index (χ2n) is 5.63. The summed E-state index contributed by atoms with van der Waals surface area (Å²) < 4.78 is 29.5. The van der Waals surface area contributed by atoms with Gasteiger partial charge >= 0.3 is 5.97 Å². The lowest BCUT2D eigenvalue weighted by atomic mass is 9.98. The van der Waals surface area contributed by atoms with Gasteiger partial charge in [0.2, 0.25) is 0 Å². The lowest BCUT2D eigenvalue weighted by molar-refractivity contribution is -0.147. The Kier molecular flexibility index (Phi) is 7.59. The van der Waals surface area contributed by atoms with Crippen LogP contribution in [0.4, 0.5) is 14.5 Å². The molecule has 0 aliphatic heterocycles. The van der Waals surface area contributed by atoms with Crippen molar-refractivity contribution in [3.05, 3.63) is 60.2 Å². The molecule has 4 nitrogen and oxygen atoms in total. The number of nitrogens with one attached hydrogen (secondary N) is 1. The van der Waals surface area contributed by atoms with E-state index >= 15 is 0 Å². The van der Waals surface area contributed by atoms with Crippen LogP contribution in [0.1, 0.15) is 24.8 Å². The van der Waals surface area contributed by atoms with Crippen LogP contribution >= 0.6 is 11.8 Å². The van der Waals surface area contributed by atoms with Gasteiger partial charge in [0.05, 0.1) is 6.42 Å². The zero-order valence-corrected chi connectivity index (χ0v) is 15.0. The molecule has 0 spiro atoms. The van der Waals surface area contributed by atoms with Crippen molar-refractivity contribution in [1.82, 2.24) is 0 Å². The number of halogens is 2. The molecule has 0 saturated carbocycles. The highest BCUT2D eigenvalue weighted by Gasteiger charge is 2.14. The van der Waals surface area contributed by atoms with E-state index in [-0.39, 0.29) is 12.3 Å². The minimum absolute atomic E-state index is 0.00774. The van der Waals surface area contributed by atoms with E-state index < -0.39 is 24.2 Å². The average Bonchev–Trinajstić information content (AvgIpc) is 2.62. The van der Waals surface area contributed by atoms with Gasteiger partial charge in [-0.3, -0.25) is 9.59 Å². The van der Waals surface area contributed by atoms with E-state index in [0.29, 0.717) is 22.3 Å². The third-order valence-electron chi connectivity index (χ3n) is 3.57. The number of anilines is 1. The number of alkyl halides is 2. The van der Waals surface area contributed by atoms with Crippen LogP contribution in [0.15, 0.2) is 59.5 Å². The summed E-state index contributed by atoms with van der Waals surface area (Å²) in [4.78, 5) is 24.1. The molecule has 0 heterocycles. The molecule has 2 aromatic rings. The lowest BCUT2D eigenvalue weighted by Gasteiger charge is -2.11. The number of esters is 1. The summed E-state index contributed by atoms with van der Waals surface area (Å²) in [5.41, 5.74) is 1.47. The van der Waals surface area contributed by atoms with E-state index in [0.717, 1.165) is 5.56 Å². The molecule has 7 heteroatoms. The van der Waals surface area contributed by atoms with Gasteiger partial charge in [-0.1, -0.05) is 49.0 Å². The zero-order chi connectivity index (χ0) is 18.9. The second kappa shape index (κ2) is 9.91. The highest BCUT2D eigenvalue weighted by atomic mass is 32.2. The van der Waals surface area contributed by atoms with Gasteiger partial charge in [-0.05, 0) is 35.7 Å². The zero-order valence-electron chi connectivity index (χ0n) is 14.2. The number of amides is 1. The summed E-state index contributed by atoms with van der Waals surface area (Å²) in [5, 5.41) is 2.55. The summed E-state index contributed by atoms with van der Waals surface area (Å²) in [6.07, 6.45) is 0.177. The molecular weight excluding hydrogens is 360 g/mol. The molecule has 0 bridgehead atoms. The Morgan fingerprint density at radius 2 is 1.73 bits per heavy atom. The van der Waals surface area contributed by atoms with E-state index in [9.17, 15) is 18.4 Å². The first-order valence-corrected chi connectivity index (χ1v) is 8.87. The molecule has 0 unspecified atom stereocenters. The van der Waals surface area contributed by atoms with Crippen molar-refractivity contribution in [2.24, 2.45) is 0 Å². The molecule has 26 heavy (non-hydrogen) atoms. The molecule has 0 fully saturated rings. The third kappa shape index (κ3) is 6.84. The summed E-state index contributed by atoms with van der Waals surface area (Å²) >= 11 is 0.429. The second-order valence-corrected chi connectivity index (χ2v) is 6.69. The van der Waals surface area contributed by atoms with Gasteiger partial charge in [0.15, 0.2) is 6.61 Å². The predicted molar refractivity (Wildman–Crippen MR) is 97.4 cm³/mol. The maximum atomic E-state index is 12.3. The fourth-order valence-corrected chi connectivity index (χ4v) is 2.77. The van der Waals surface area contributed by atoms with E-state index in [4.69, 9.17) is 4.74 Å². The standard InChI is InChI=1S/C19H19F2NO3S/c1-13(14-5-3-2-4-6-14)11-18(24)25-12-17(23)22-15-7-9-16(10-8-15)26-19(20)21/h2-10,13,19H,11-12H2,1H3,(H,22,23)/t13-/m1/s1. The van der Waals surface area contributed by atoms with Crippen LogP contribution in [0.3, 0.4) is 0 Å². The van der Waals surface area contributed by atoms with Crippen LogP contribution in [0, 0.1) is 0 Å². The minimum atomic E-state index is -2.49. The van der Waals surface area contributed by atoms with Crippen molar-refractivity contribution < 1.29 is 23.1 Å². The summed E-state index contributed by atoms with van der Waals surface area (Å²) in [6, 6.07) is 15.6. The van der Waals surface area contributed by atoms with E-state index in [1.54, 1.807) is 0 Å². The largest absolute Gasteiger partial charge is 0.456 e. The highest BCUT2D eigenvalue weighted by molar-refractivity contribution is 7.99. The molecule has 0 radical (unpaired) electrons. The maximum Gasteiger partial charge on any atom is 0.306 e.